The second-order valence-electron chi connectivity index (χ2n) is 13.7. The number of rotatable bonds is 3. The molecule has 3 atom stereocenters. The van der Waals surface area contributed by atoms with Gasteiger partial charge in [-0.3, -0.25) is 14.4 Å². The maximum Gasteiger partial charge on any atom is 0.267 e. The molecule has 0 unspecified atom stereocenters. The molecule has 2 aliphatic heterocycles. The number of nitrogens with two attached hydrogens (primary N) is 1. The molecule has 1 aromatic heterocycles. The quantitative estimate of drug-likeness (QED) is 0.218. The average molecular weight is 755 g/mol. The predicted octanol–water partition coefficient (Wildman–Crippen LogP) is 6.73. The van der Waals surface area contributed by atoms with Gasteiger partial charge >= 0.3 is 0 Å². The van der Waals surface area contributed by atoms with E-state index in [4.69, 9.17) is 20.2 Å². The van der Waals surface area contributed by atoms with E-state index in [-0.39, 0.29) is 28.7 Å². The first-order valence-electron chi connectivity index (χ1n) is 18.5. The van der Waals surface area contributed by atoms with Gasteiger partial charge in [0.15, 0.2) is 0 Å². The van der Waals surface area contributed by atoms with Gasteiger partial charge in [-0.2, -0.15) is 0 Å². The number of para-hydroxylation sites is 1. The lowest BCUT2D eigenvalue weighted by atomic mass is 10.1. The van der Waals surface area contributed by atoms with Crippen molar-refractivity contribution < 1.29 is 32.3 Å². The van der Waals surface area contributed by atoms with E-state index >= 15 is 0 Å². The second-order valence-corrected chi connectivity index (χ2v) is 15.4. The van der Waals surface area contributed by atoms with Crippen LogP contribution >= 0.6 is 0 Å². The standard InChI is InChI=1S/C18H23NO4S.C17H15NO.C7H12N2O2/c20-18-15-13-14(15)9-5-3-1-2-4-8-12-23-16-10-6-7-11-17(16)24(21,22)19-18;1-12-10-16(13-6-4-3-5-7-13)18-17-11-14(19-2)8-9-15(12)17;1-5(10)9-4-2-3-6(9)7(8)11/h5-7,9-11,14-15H,1-4,8,12-13H2,(H,19,20);3-11H,1-2H3;6H,2-4H2,1H3,(H2,8,11)/b9-5-;;/t14-,15+;;6-/m1.0/s1. The van der Waals surface area contributed by atoms with Gasteiger partial charge in [0.2, 0.25) is 17.7 Å². The molecule has 3 heterocycles. The number of ether oxygens (including phenoxy) is 2. The third kappa shape index (κ3) is 10.7. The average Bonchev–Trinajstić information content (AvgIpc) is 3.76. The molecule has 11 nitrogen and oxygen atoms in total. The summed E-state index contributed by atoms with van der Waals surface area (Å²) in [5, 5.41) is 1.17. The van der Waals surface area contributed by atoms with Crippen LogP contribution in [-0.4, -0.2) is 62.3 Å². The maximum absolute atomic E-state index is 12.5. The number of sulfonamides is 1. The van der Waals surface area contributed by atoms with E-state index in [0.29, 0.717) is 18.9 Å². The number of benzene rings is 3. The van der Waals surface area contributed by atoms with Gasteiger partial charge in [-0.05, 0) is 87.3 Å². The zero-order chi connectivity index (χ0) is 38.7. The molecule has 286 valence electrons. The summed E-state index contributed by atoms with van der Waals surface area (Å²) in [6, 6.07) is 24.5. The molecular weight excluding hydrogens is 705 g/mol. The van der Waals surface area contributed by atoms with Crippen LogP contribution < -0.4 is 19.9 Å². The molecule has 3 aromatic carbocycles. The number of hydrogen-bond donors (Lipinski definition) is 2. The Morgan fingerprint density at radius 2 is 1.70 bits per heavy atom. The fourth-order valence-corrected chi connectivity index (χ4v) is 7.84. The molecule has 0 radical (unpaired) electrons. The Hall–Kier alpha value is -5.23. The highest BCUT2D eigenvalue weighted by atomic mass is 32.2. The van der Waals surface area contributed by atoms with E-state index in [9.17, 15) is 22.8 Å². The number of aryl methyl sites for hydroxylation is 1. The summed E-state index contributed by atoms with van der Waals surface area (Å²) in [7, 11) is -2.24. The van der Waals surface area contributed by atoms with Crippen molar-refractivity contribution in [1.29, 1.82) is 0 Å². The van der Waals surface area contributed by atoms with Gasteiger partial charge in [-0.1, -0.05) is 67.5 Å². The van der Waals surface area contributed by atoms with Crippen molar-refractivity contribution in [3.05, 3.63) is 96.6 Å². The minimum Gasteiger partial charge on any atom is -0.497 e. The first-order valence-corrected chi connectivity index (χ1v) is 20.0. The number of nitrogens with zero attached hydrogens (tertiary/aromatic N) is 2. The molecule has 2 fully saturated rings. The van der Waals surface area contributed by atoms with Crippen molar-refractivity contribution in [2.45, 2.75) is 76.2 Å². The number of nitrogens with one attached hydrogen (secondary N) is 1. The van der Waals surface area contributed by atoms with Gasteiger partial charge in [0.25, 0.3) is 10.0 Å². The number of primary amides is 1. The molecule has 54 heavy (non-hydrogen) atoms. The number of pyridine rings is 1. The van der Waals surface area contributed by atoms with Gasteiger partial charge in [0.05, 0.1) is 24.9 Å². The molecule has 3 N–H and O–H groups in total. The summed E-state index contributed by atoms with van der Waals surface area (Å²) in [4.78, 5) is 40.1. The number of aromatic nitrogens is 1. The second kappa shape index (κ2) is 18.7. The summed E-state index contributed by atoms with van der Waals surface area (Å²) >= 11 is 0. The van der Waals surface area contributed by atoms with Crippen LogP contribution in [-0.2, 0) is 24.4 Å². The molecule has 1 saturated heterocycles. The van der Waals surface area contributed by atoms with Crippen molar-refractivity contribution in [2.75, 3.05) is 20.3 Å². The molecule has 3 aliphatic rings. The number of carbonyl (C=O) groups is 3. The topological polar surface area (TPSA) is 158 Å². The Balaban J connectivity index is 0.000000167. The third-order valence-electron chi connectivity index (χ3n) is 9.74. The lowest BCUT2D eigenvalue weighted by Gasteiger charge is -2.19. The zero-order valence-corrected chi connectivity index (χ0v) is 32.0. The number of likely N-dealkylation sites (tertiary alicyclic amines) is 1. The van der Waals surface area contributed by atoms with Gasteiger partial charge < -0.3 is 20.1 Å². The summed E-state index contributed by atoms with van der Waals surface area (Å²) in [6.45, 7) is 4.72. The lowest BCUT2D eigenvalue weighted by molar-refractivity contribution is -0.135. The van der Waals surface area contributed by atoms with Crippen molar-refractivity contribution in [3.8, 4) is 22.8 Å². The van der Waals surface area contributed by atoms with Crippen molar-refractivity contribution in [1.82, 2.24) is 14.6 Å². The van der Waals surface area contributed by atoms with E-state index < -0.39 is 21.8 Å². The molecule has 4 aromatic rings. The van der Waals surface area contributed by atoms with Crippen LogP contribution in [0.25, 0.3) is 22.2 Å². The van der Waals surface area contributed by atoms with Crippen molar-refractivity contribution in [2.24, 2.45) is 17.6 Å². The Morgan fingerprint density at radius 3 is 2.43 bits per heavy atom. The van der Waals surface area contributed by atoms with Crippen LogP contribution in [0.15, 0.2) is 95.9 Å². The van der Waals surface area contributed by atoms with Crippen molar-refractivity contribution >= 4 is 38.6 Å². The van der Waals surface area contributed by atoms with Crippen molar-refractivity contribution in [3.63, 3.8) is 0 Å². The fourth-order valence-electron chi connectivity index (χ4n) is 6.66. The summed E-state index contributed by atoms with van der Waals surface area (Å²) in [5.41, 5.74) is 9.43. The Labute approximate surface area is 318 Å². The Bertz CT molecular complexity index is 2050. The Morgan fingerprint density at radius 1 is 0.963 bits per heavy atom. The number of amides is 3. The fraction of sp³-hybridized carbons (Fsp3) is 0.381. The van der Waals surface area contributed by atoms with E-state index in [2.05, 4.69) is 48.1 Å². The molecular formula is C42H50N4O7S. The van der Waals surface area contributed by atoms with E-state index in [1.165, 1.54) is 28.8 Å². The largest absolute Gasteiger partial charge is 0.497 e. The van der Waals surface area contributed by atoms with Crippen LogP contribution in [0, 0.1) is 18.8 Å². The molecule has 0 bridgehead atoms. The molecule has 7 rings (SSSR count). The first-order chi connectivity index (χ1) is 26.0. The van der Waals surface area contributed by atoms with Gasteiger partial charge in [-0.25, -0.2) is 18.1 Å². The maximum atomic E-state index is 12.5. The minimum absolute atomic E-state index is 0.0261. The monoisotopic (exact) mass is 754 g/mol. The predicted molar refractivity (Wildman–Crippen MR) is 209 cm³/mol. The highest BCUT2D eigenvalue weighted by Gasteiger charge is 2.42. The molecule has 1 saturated carbocycles. The summed E-state index contributed by atoms with van der Waals surface area (Å²) in [5.74, 6) is 0.189. The number of hydrogen-bond acceptors (Lipinski definition) is 8. The number of methoxy groups -OCH3 is 1. The Kier molecular flexibility index (Phi) is 13.8. The van der Waals surface area contributed by atoms with Crippen LogP contribution in [0.2, 0.25) is 0 Å². The normalized spacial score (nSPS) is 21.3. The smallest absolute Gasteiger partial charge is 0.267 e. The van der Waals surface area contributed by atoms with E-state index in [1.54, 1.807) is 25.3 Å². The zero-order valence-electron chi connectivity index (χ0n) is 31.2. The van der Waals surface area contributed by atoms with Crippen LogP contribution in [0.1, 0.15) is 63.9 Å². The molecule has 3 amide bonds. The number of fused-ring (bicyclic) bond motifs is 3. The molecule has 12 heteroatoms. The SMILES string of the molecule is CC(=O)N1CCC[C@H]1C(N)=O.COc1ccc2c(C)cc(-c3ccccc3)nc2c1.O=C1NS(=O)(=O)c2ccccc2OCCCCCC/C=C\[C@@H]2C[C@H]12. The number of carbonyl (C=O) groups excluding carboxylic acids is 3. The molecule has 1 aliphatic carbocycles. The van der Waals surface area contributed by atoms with E-state index in [1.807, 2.05) is 30.3 Å². The number of allylic oxidation sites excluding steroid dienone is 2. The van der Waals surface area contributed by atoms with Gasteiger partial charge in [-0.15, -0.1) is 0 Å². The van der Waals surface area contributed by atoms with Gasteiger partial charge in [0.1, 0.15) is 22.4 Å². The third-order valence-corrected chi connectivity index (χ3v) is 11.1. The van der Waals surface area contributed by atoms with Crippen LogP contribution in [0.3, 0.4) is 0 Å². The lowest BCUT2D eigenvalue weighted by Crippen LogP contribution is -2.42. The highest BCUT2D eigenvalue weighted by molar-refractivity contribution is 7.90. The van der Waals surface area contributed by atoms with Crippen LogP contribution in [0.5, 0.6) is 11.5 Å². The highest BCUT2D eigenvalue weighted by Crippen LogP contribution is 2.40. The molecule has 0 spiro atoms. The van der Waals surface area contributed by atoms with Gasteiger partial charge in [0, 0.05) is 36.4 Å². The first kappa shape index (κ1) is 40.0. The summed E-state index contributed by atoms with van der Waals surface area (Å²) < 4.78 is 38.2. The minimum atomic E-state index is -3.91. The summed E-state index contributed by atoms with van der Waals surface area (Å²) in [6.07, 6.45) is 11.7. The van der Waals surface area contributed by atoms with Crippen LogP contribution in [0.4, 0.5) is 0 Å². The van der Waals surface area contributed by atoms with E-state index in [0.717, 1.165) is 73.9 Å².